The van der Waals surface area contributed by atoms with Crippen LogP contribution in [0.5, 0.6) is 0 Å². The summed E-state index contributed by atoms with van der Waals surface area (Å²) in [5.41, 5.74) is 7.50. The first kappa shape index (κ1) is 12.0. The van der Waals surface area contributed by atoms with Crippen LogP contribution in [0.25, 0.3) is 0 Å². The second-order valence-electron chi connectivity index (χ2n) is 3.34. The molecular weight excluding hydrogens is 210 g/mol. The van der Waals surface area contributed by atoms with E-state index in [2.05, 4.69) is 13.8 Å². The molecule has 4 heteroatoms. The molecule has 1 heterocycles. The highest BCUT2D eigenvalue weighted by molar-refractivity contribution is 7.16. The van der Waals surface area contributed by atoms with Crippen LogP contribution in [0.1, 0.15) is 41.1 Å². The number of nitrogens with two attached hydrogens (primary N) is 1. The summed E-state index contributed by atoms with van der Waals surface area (Å²) < 4.78 is 4.75. The highest BCUT2D eigenvalue weighted by Gasteiger charge is 2.21. The minimum absolute atomic E-state index is 0.313. The second-order valence-corrected chi connectivity index (χ2v) is 4.47. The molecule has 0 saturated heterocycles. The highest BCUT2D eigenvalue weighted by atomic mass is 32.1. The summed E-state index contributed by atoms with van der Waals surface area (Å²) in [5.74, 6) is -0.313. The van der Waals surface area contributed by atoms with E-state index < -0.39 is 0 Å². The normalized spacial score (nSPS) is 10.3. The van der Waals surface area contributed by atoms with Gasteiger partial charge in [0.1, 0.15) is 5.00 Å². The number of esters is 1. The van der Waals surface area contributed by atoms with Gasteiger partial charge in [-0.25, -0.2) is 4.79 Å². The summed E-state index contributed by atoms with van der Waals surface area (Å²) in [6.07, 6.45) is 2.82. The number of ether oxygens (including phenoxy) is 1. The lowest BCUT2D eigenvalue weighted by atomic mass is 10.0. The van der Waals surface area contributed by atoms with Crippen molar-refractivity contribution in [2.75, 3.05) is 12.8 Å². The van der Waals surface area contributed by atoms with Crippen molar-refractivity contribution in [2.45, 2.75) is 33.1 Å². The first-order chi connectivity index (χ1) is 7.15. The third-order valence-corrected chi connectivity index (χ3v) is 3.53. The van der Waals surface area contributed by atoms with Crippen molar-refractivity contribution >= 4 is 22.3 Å². The molecule has 0 fully saturated rings. The Morgan fingerprint density at radius 1 is 1.47 bits per heavy atom. The van der Waals surface area contributed by atoms with E-state index in [4.69, 9.17) is 10.5 Å². The molecule has 0 aromatic carbocycles. The van der Waals surface area contributed by atoms with E-state index in [-0.39, 0.29) is 5.97 Å². The molecule has 0 spiro atoms. The quantitative estimate of drug-likeness (QED) is 0.804. The Morgan fingerprint density at radius 2 is 2.13 bits per heavy atom. The summed E-state index contributed by atoms with van der Waals surface area (Å²) in [7, 11) is 1.39. The fourth-order valence-electron chi connectivity index (χ4n) is 1.66. The molecule has 3 nitrogen and oxygen atoms in total. The van der Waals surface area contributed by atoms with E-state index >= 15 is 0 Å². The summed E-state index contributed by atoms with van der Waals surface area (Å²) in [4.78, 5) is 12.8. The molecule has 1 aromatic heterocycles. The molecule has 0 amide bonds. The van der Waals surface area contributed by atoms with Crippen molar-refractivity contribution in [1.82, 2.24) is 0 Å². The van der Waals surface area contributed by atoms with E-state index in [1.54, 1.807) is 0 Å². The topological polar surface area (TPSA) is 52.3 Å². The van der Waals surface area contributed by atoms with E-state index in [1.807, 2.05) is 0 Å². The molecule has 0 radical (unpaired) electrons. The van der Waals surface area contributed by atoms with Crippen molar-refractivity contribution in [3.05, 3.63) is 16.0 Å². The van der Waals surface area contributed by atoms with Gasteiger partial charge in [-0.2, -0.15) is 0 Å². The Balaban J connectivity index is 3.21. The lowest BCUT2D eigenvalue weighted by Gasteiger charge is -2.03. The Morgan fingerprint density at radius 3 is 2.60 bits per heavy atom. The van der Waals surface area contributed by atoms with Crippen LogP contribution in [0.2, 0.25) is 0 Å². The van der Waals surface area contributed by atoms with Gasteiger partial charge in [0.25, 0.3) is 0 Å². The van der Waals surface area contributed by atoms with Crippen LogP contribution in [0.3, 0.4) is 0 Å². The van der Waals surface area contributed by atoms with Gasteiger partial charge in [-0.1, -0.05) is 20.3 Å². The first-order valence-corrected chi connectivity index (χ1v) is 5.95. The van der Waals surface area contributed by atoms with E-state index in [1.165, 1.54) is 23.3 Å². The standard InChI is InChI=1S/C11H17NO2S/c1-4-6-7-8(5-2)15-10(12)9(7)11(13)14-3/h4-6,12H2,1-3H3. The van der Waals surface area contributed by atoms with E-state index in [9.17, 15) is 4.79 Å². The number of methoxy groups -OCH3 is 1. The zero-order valence-corrected chi connectivity index (χ0v) is 10.2. The maximum absolute atomic E-state index is 11.6. The number of aryl methyl sites for hydroxylation is 1. The predicted octanol–water partition coefficient (Wildman–Crippen LogP) is 2.63. The van der Waals surface area contributed by atoms with E-state index in [0.29, 0.717) is 10.6 Å². The van der Waals surface area contributed by atoms with Gasteiger partial charge >= 0.3 is 5.97 Å². The number of hydrogen-bond donors (Lipinski definition) is 1. The zero-order valence-electron chi connectivity index (χ0n) is 9.42. The number of thiophene rings is 1. The molecule has 1 aromatic rings. The largest absolute Gasteiger partial charge is 0.465 e. The average Bonchev–Trinajstić information content (AvgIpc) is 2.54. The van der Waals surface area contributed by atoms with Crippen LogP contribution >= 0.6 is 11.3 Å². The lowest BCUT2D eigenvalue weighted by Crippen LogP contribution is -2.06. The van der Waals surface area contributed by atoms with E-state index in [0.717, 1.165) is 24.8 Å². The molecule has 0 aliphatic carbocycles. The molecule has 2 N–H and O–H groups in total. The van der Waals surface area contributed by atoms with Crippen LogP contribution in [-0.2, 0) is 17.6 Å². The number of rotatable bonds is 4. The van der Waals surface area contributed by atoms with Crippen LogP contribution in [-0.4, -0.2) is 13.1 Å². The summed E-state index contributed by atoms with van der Waals surface area (Å²) >= 11 is 1.50. The van der Waals surface area contributed by atoms with Gasteiger partial charge in [-0.3, -0.25) is 0 Å². The molecule has 0 unspecified atom stereocenters. The second kappa shape index (κ2) is 5.16. The highest BCUT2D eigenvalue weighted by Crippen LogP contribution is 2.32. The van der Waals surface area contributed by atoms with Gasteiger partial charge in [0.05, 0.1) is 12.7 Å². The molecule has 0 aliphatic heterocycles. The van der Waals surface area contributed by atoms with Gasteiger partial charge in [0, 0.05) is 4.88 Å². The number of anilines is 1. The minimum atomic E-state index is -0.313. The van der Waals surface area contributed by atoms with Crippen LogP contribution in [0.15, 0.2) is 0 Å². The van der Waals surface area contributed by atoms with Crippen LogP contribution in [0.4, 0.5) is 5.00 Å². The first-order valence-electron chi connectivity index (χ1n) is 5.13. The molecule has 0 atom stereocenters. The number of nitrogen functional groups attached to an aromatic ring is 1. The lowest BCUT2D eigenvalue weighted by molar-refractivity contribution is 0.0601. The van der Waals surface area contributed by atoms with Crippen molar-refractivity contribution in [3.63, 3.8) is 0 Å². The van der Waals surface area contributed by atoms with Crippen molar-refractivity contribution in [3.8, 4) is 0 Å². The number of carbonyl (C=O) groups is 1. The van der Waals surface area contributed by atoms with Gasteiger partial charge in [-0.05, 0) is 18.4 Å². The SMILES string of the molecule is CCCc1c(CC)sc(N)c1C(=O)OC. The van der Waals surface area contributed by atoms with Gasteiger partial charge in [-0.15, -0.1) is 11.3 Å². The Hall–Kier alpha value is -1.03. The third-order valence-electron chi connectivity index (χ3n) is 2.33. The predicted molar refractivity (Wildman–Crippen MR) is 63.4 cm³/mol. The van der Waals surface area contributed by atoms with Crippen LogP contribution in [0, 0.1) is 0 Å². The molecule has 15 heavy (non-hydrogen) atoms. The summed E-state index contributed by atoms with van der Waals surface area (Å²) in [5, 5.41) is 0.585. The Bertz CT molecular complexity index is 358. The van der Waals surface area contributed by atoms with Gasteiger partial charge in [0.2, 0.25) is 0 Å². The molecule has 84 valence electrons. The average molecular weight is 227 g/mol. The number of hydrogen-bond acceptors (Lipinski definition) is 4. The Labute approximate surface area is 94.2 Å². The smallest absolute Gasteiger partial charge is 0.341 e. The van der Waals surface area contributed by atoms with Crippen molar-refractivity contribution in [2.24, 2.45) is 0 Å². The maximum atomic E-state index is 11.6. The molecular formula is C11H17NO2S. The summed E-state index contributed by atoms with van der Waals surface area (Å²) in [6, 6.07) is 0. The Kier molecular flexibility index (Phi) is 4.15. The van der Waals surface area contributed by atoms with Crippen molar-refractivity contribution < 1.29 is 9.53 Å². The van der Waals surface area contributed by atoms with Crippen LogP contribution < -0.4 is 5.73 Å². The maximum Gasteiger partial charge on any atom is 0.341 e. The molecule has 1 rings (SSSR count). The monoisotopic (exact) mass is 227 g/mol. The summed E-state index contributed by atoms with van der Waals surface area (Å²) in [6.45, 7) is 4.17. The third kappa shape index (κ3) is 2.31. The fourth-order valence-corrected chi connectivity index (χ4v) is 2.71. The van der Waals surface area contributed by atoms with Gasteiger partial charge < -0.3 is 10.5 Å². The fraction of sp³-hybridized carbons (Fsp3) is 0.545. The molecule has 0 aliphatic rings. The molecule has 0 bridgehead atoms. The zero-order chi connectivity index (χ0) is 11.4. The molecule has 0 saturated carbocycles. The minimum Gasteiger partial charge on any atom is -0.465 e. The van der Waals surface area contributed by atoms with Crippen molar-refractivity contribution in [1.29, 1.82) is 0 Å². The number of carbonyl (C=O) groups excluding carboxylic acids is 1. The van der Waals surface area contributed by atoms with Gasteiger partial charge in [0.15, 0.2) is 0 Å².